The zero-order valence-corrected chi connectivity index (χ0v) is 30.6. The van der Waals surface area contributed by atoms with E-state index in [1.54, 1.807) is 33.8 Å². The molecule has 0 atom stereocenters. The van der Waals surface area contributed by atoms with Crippen LogP contribution in [0.25, 0.3) is 0 Å². The van der Waals surface area contributed by atoms with Crippen molar-refractivity contribution < 1.29 is 43.7 Å². The maximum atomic E-state index is 13.7. The highest BCUT2D eigenvalue weighted by atomic mass is 32.2. The molecule has 12 nitrogen and oxygen atoms in total. The number of anilines is 1. The summed E-state index contributed by atoms with van der Waals surface area (Å²) in [6, 6.07) is 13.8. The van der Waals surface area contributed by atoms with E-state index in [2.05, 4.69) is 0 Å². The average Bonchev–Trinajstić information content (AvgIpc) is 3.38. The van der Waals surface area contributed by atoms with Gasteiger partial charge in [-0.15, -0.1) is 0 Å². The Morgan fingerprint density at radius 2 is 1.34 bits per heavy atom. The number of benzene rings is 3. The minimum Gasteiger partial charge on any atom is -0.284 e. The lowest BCUT2D eigenvalue weighted by Crippen LogP contribution is -2.31. The second kappa shape index (κ2) is 13.0. The van der Waals surface area contributed by atoms with Crippen LogP contribution >= 0.6 is 0 Å². The van der Waals surface area contributed by atoms with E-state index in [0.717, 1.165) is 12.8 Å². The third-order valence-electron chi connectivity index (χ3n) is 9.25. The first kappa shape index (κ1) is 37.3. The van der Waals surface area contributed by atoms with Gasteiger partial charge in [0.15, 0.2) is 5.71 Å². The van der Waals surface area contributed by atoms with Crippen LogP contribution < -0.4 is 9.48 Å². The Kier molecular flexibility index (Phi) is 9.66. The Labute approximate surface area is 292 Å². The maximum absolute atomic E-state index is 13.7. The number of rotatable bonds is 10. The van der Waals surface area contributed by atoms with Crippen molar-refractivity contribution in [2.45, 2.75) is 85.8 Å². The minimum absolute atomic E-state index is 0.188. The molecule has 2 aliphatic heterocycles. The van der Waals surface area contributed by atoms with Gasteiger partial charge in [0.1, 0.15) is 4.90 Å². The molecule has 0 aliphatic carbocycles. The number of allylic oxidation sites excluding steroid dienone is 4. The standard InChI is InChI=1S/C35H38N2O10S3/c1-6-7-8-15-33(38)37-30-19-17-26(50(45,46)47)22-28(30)35(4,5)32(37)14-10-13-31-34(2,3)27-21-25(49(42,43)44)16-18-29(27)36(31)23-11-9-12-24(20-23)48(39,40)41/h9-14,16-22H,6-8,15H2,1-5H3,(H2-,39,40,41,42,43,44,45,46,47)/p+1. The molecule has 0 fully saturated rings. The van der Waals surface area contributed by atoms with Crippen LogP contribution in [0, 0.1) is 0 Å². The molecule has 0 aromatic heterocycles. The number of unbranched alkanes of at least 4 members (excludes halogenated alkanes) is 2. The quantitative estimate of drug-likeness (QED) is 0.120. The molecule has 50 heavy (non-hydrogen) atoms. The predicted octanol–water partition coefficient (Wildman–Crippen LogP) is 6.34. The smallest absolute Gasteiger partial charge is 0.284 e. The summed E-state index contributed by atoms with van der Waals surface area (Å²) < 4.78 is 103. The highest BCUT2D eigenvalue weighted by molar-refractivity contribution is 7.86. The summed E-state index contributed by atoms with van der Waals surface area (Å²) in [4.78, 5) is 14.3. The van der Waals surface area contributed by atoms with Gasteiger partial charge in [0.25, 0.3) is 30.4 Å². The molecular formula is C35H39N2O10S3+. The number of amides is 1. The zero-order chi connectivity index (χ0) is 37.0. The monoisotopic (exact) mass is 743 g/mol. The maximum Gasteiger partial charge on any atom is 0.294 e. The van der Waals surface area contributed by atoms with Gasteiger partial charge in [0.05, 0.1) is 20.9 Å². The van der Waals surface area contributed by atoms with Crippen molar-refractivity contribution in [3.8, 4) is 0 Å². The van der Waals surface area contributed by atoms with Gasteiger partial charge < -0.3 is 0 Å². The molecule has 3 aromatic carbocycles. The molecule has 15 heteroatoms. The number of hydrogen-bond donors (Lipinski definition) is 3. The third-order valence-corrected chi connectivity index (χ3v) is 11.8. The lowest BCUT2D eigenvalue weighted by molar-refractivity contribution is -0.118. The SMILES string of the molecule is CCCCCC(=O)N1C(=CC=CC2=[N+](c3cccc(S(=O)(=O)O)c3)c3ccc(S(=O)(=O)O)cc3C2(C)C)C(C)(C)c2cc(S(=O)(=O)O)ccc21. The summed E-state index contributed by atoms with van der Waals surface area (Å²) in [7, 11) is -13.7. The second-order valence-corrected chi connectivity index (χ2v) is 17.6. The Bertz CT molecular complexity index is 2340. The summed E-state index contributed by atoms with van der Waals surface area (Å²) in [6.07, 6.45) is 7.82. The fraction of sp³-hybridized carbons (Fsp3) is 0.314. The van der Waals surface area contributed by atoms with Crippen molar-refractivity contribution in [3.05, 3.63) is 95.7 Å². The van der Waals surface area contributed by atoms with Crippen LogP contribution in [0.5, 0.6) is 0 Å². The summed E-state index contributed by atoms with van der Waals surface area (Å²) in [6.45, 7) is 9.36. The summed E-state index contributed by atoms with van der Waals surface area (Å²) in [5.41, 5.74) is 1.66. The second-order valence-electron chi connectivity index (χ2n) is 13.3. The molecule has 0 unspecified atom stereocenters. The fourth-order valence-electron chi connectivity index (χ4n) is 6.60. The van der Waals surface area contributed by atoms with Crippen molar-refractivity contribution in [3.63, 3.8) is 0 Å². The highest BCUT2D eigenvalue weighted by Crippen LogP contribution is 2.49. The van der Waals surface area contributed by atoms with Crippen LogP contribution in [0.3, 0.4) is 0 Å². The van der Waals surface area contributed by atoms with Crippen LogP contribution in [0.15, 0.2) is 99.3 Å². The van der Waals surface area contributed by atoms with E-state index in [-0.39, 0.29) is 27.0 Å². The Hall–Kier alpha value is -3.99. The normalized spacial score (nSPS) is 17.8. The van der Waals surface area contributed by atoms with E-state index in [1.807, 2.05) is 34.6 Å². The minimum atomic E-state index is -4.57. The number of fused-ring (bicyclic) bond motifs is 2. The number of hydrogen-bond acceptors (Lipinski definition) is 7. The van der Waals surface area contributed by atoms with E-state index >= 15 is 0 Å². The van der Waals surface area contributed by atoms with Gasteiger partial charge in [-0.25, -0.2) is 0 Å². The van der Waals surface area contributed by atoms with E-state index in [4.69, 9.17) is 0 Å². The van der Waals surface area contributed by atoms with Crippen LogP contribution in [-0.4, -0.2) is 50.5 Å². The van der Waals surface area contributed by atoms with Gasteiger partial charge in [0.2, 0.25) is 17.3 Å². The van der Waals surface area contributed by atoms with Crippen molar-refractivity contribution >= 4 is 59.0 Å². The van der Waals surface area contributed by atoms with Gasteiger partial charge >= 0.3 is 0 Å². The van der Waals surface area contributed by atoms with E-state index in [9.17, 15) is 43.7 Å². The number of carbonyl (C=O) groups is 1. The summed E-state index contributed by atoms with van der Waals surface area (Å²) in [5, 5.41) is 0. The fourth-order valence-corrected chi connectivity index (χ4v) is 8.13. The molecule has 3 N–H and O–H groups in total. The summed E-state index contributed by atoms with van der Waals surface area (Å²) >= 11 is 0. The molecule has 266 valence electrons. The molecule has 0 spiro atoms. The van der Waals surface area contributed by atoms with E-state index in [0.29, 0.717) is 46.0 Å². The average molecular weight is 744 g/mol. The van der Waals surface area contributed by atoms with Crippen LogP contribution in [0.2, 0.25) is 0 Å². The van der Waals surface area contributed by atoms with Crippen LogP contribution in [-0.2, 0) is 46.0 Å². The van der Waals surface area contributed by atoms with Gasteiger partial charge in [-0.1, -0.05) is 45.8 Å². The first-order chi connectivity index (χ1) is 23.1. The first-order valence-corrected chi connectivity index (χ1v) is 20.1. The van der Waals surface area contributed by atoms with Crippen molar-refractivity contribution in [2.75, 3.05) is 4.90 Å². The van der Waals surface area contributed by atoms with E-state index in [1.165, 1.54) is 54.6 Å². The van der Waals surface area contributed by atoms with Crippen molar-refractivity contribution in [1.29, 1.82) is 0 Å². The molecule has 2 aliphatic rings. The molecule has 3 aromatic rings. The van der Waals surface area contributed by atoms with Gasteiger partial charge in [0, 0.05) is 47.4 Å². The van der Waals surface area contributed by atoms with Crippen LogP contribution in [0.4, 0.5) is 17.1 Å². The molecule has 0 saturated heterocycles. The molecule has 0 radical (unpaired) electrons. The zero-order valence-electron chi connectivity index (χ0n) is 28.2. The lowest BCUT2D eigenvalue weighted by atomic mass is 9.81. The number of carbonyl (C=O) groups excluding carboxylic acids is 1. The molecule has 5 rings (SSSR count). The third kappa shape index (κ3) is 6.85. The Morgan fingerprint density at radius 1 is 0.760 bits per heavy atom. The molecule has 1 amide bonds. The van der Waals surface area contributed by atoms with Crippen LogP contribution in [0.1, 0.15) is 71.4 Å². The van der Waals surface area contributed by atoms with E-state index < -0.39 is 41.2 Å². The number of nitrogens with zero attached hydrogens (tertiary/aromatic N) is 2. The van der Waals surface area contributed by atoms with Crippen molar-refractivity contribution in [2.24, 2.45) is 0 Å². The van der Waals surface area contributed by atoms with Gasteiger partial charge in [-0.2, -0.15) is 29.8 Å². The van der Waals surface area contributed by atoms with Crippen molar-refractivity contribution in [1.82, 2.24) is 4.58 Å². The molecule has 0 bridgehead atoms. The topological polar surface area (TPSA) is 186 Å². The highest BCUT2D eigenvalue weighted by Gasteiger charge is 2.47. The van der Waals surface area contributed by atoms with Gasteiger partial charge in [-0.05, 0) is 68.3 Å². The molecule has 0 saturated carbocycles. The first-order valence-electron chi connectivity index (χ1n) is 15.8. The van der Waals surface area contributed by atoms with Gasteiger partial charge in [-0.3, -0.25) is 23.4 Å². The summed E-state index contributed by atoms with van der Waals surface area (Å²) in [5.74, 6) is -0.188. The Balaban J connectivity index is 1.71. The molecule has 2 heterocycles. The lowest BCUT2D eigenvalue weighted by Gasteiger charge is -2.25. The predicted molar refractivity (Wildman–Crippen MR) is 190 cm³/mol. The Morgan fingerprint density at radius 3 is 1.94 bits per heavy atom. The largest absolute Gasteiger partial charge is 0.294 e. The molecular weight excluding hydrogens is 705 g/mol.